The zero-order valence-corrected chi connectivity index (χ0v) is 39.0. The number of aromatic nitrogens is 4. The molecule has 1 aromatic carbocycles. The van der Waals surface area contributed by atoms with Crippen molar-refractivity contribution in [1.82, 2.24) is 25.1 Å². The van der Waals surface area contributed by atoms with E-state index in [1.54, 1.807) is 19.0 Å². The molecular weight excluding hydrogens is 775 g/mol. The molecule has 5 fully saturated rings. The fourth-order valence-corrected chi connectivity index (χ4v) is 14.9. The summed E-state index contributed by atoms with van der Waals surface area (Å²) < 4.78 is 28.4. The average molecular weight is 848 g/mol. The number of carbonyl (C=O) groups excluding carboxylic acids is 1. The topological polar surface area (TPSA) is 110 Å². The highest BCUT2D eigenvalue weighted by molar-refractivity contribution is 5.75. The Morgan fingerprint density at radius 1 is 0.968 bits per heavy atom. The van der Waals surface area contributed by atoms with Gasteiger partial charge in [0, 0.05) is 34.3 Å². The molecule has 10 nitrogen and oxygen atoms in total. The van der Waals surface area contributed by atoms with Gasteiger partial charge in [0.2, 0.25) is 0 Å². The van der Waals surface area contributed by atoms with Crippen molar-refractivity contribution in [1.29, 1.82) is 0 Å². The van der Waals surface area contributed by atoms with Crippen LogP contribution in [-0.2, 0) is 25.6 Å². The Morgan fingerprint density at radius 2 is 1.73 bits per heavy atom. The maximum Gasteiger partial charge on any atom is 0.310 e. The van der Waals surface area contributed by atoms with E-state index < -0.39 is 0 Å². The first-order chi connectivity index (χ1) is 29.7. The van der Waals surface area contributed by atoms with Crippen molar-refractivity contribution in [3.8, 4) is 17.1 Å². The van der Waals surface area contributed by atoms with Crippen LogP contribution in [0, 0.1) is 56.7 Å². The van der Waals surface area contributed by atoms with Gasteiger partial charge in [0.1, 0.15) is 18.7 Å². The lowest BCUT2D eigenvalue weighted by Crippen LogP contribution is -2.69. The fourth-order valence-electron chi connectivity index (χ4n) is 14.9. The number of hydrogen-bond donors (Lipinski definition) is 1. The van der Waals surface area contributed by atoms with Gasteiger partial charge in [0.05, 0.1) is 45.0 Å². The van der Waals surface area contributed by atoms with Crippen molar-refractivity contribution in [2.24, 2.45) is 56.7 Å². The van der Waals surface area contributed by atoms with Crippen LogP contribution in [0.3, 0.4) is 0 Å². The molecule has 0 spiro atoms. The van der Waals surface area contributed by atoms with Crippen LogP contribution in [0.2, 0.25) is 0 Å². The van der Waals surface area contributed by atoms with Gasteiger partial charge in [-0.05, 0) is 134 Å². The molecule has 2 aromatic heterocycles. The van der Waals surface area contributed by atoms with Gasteiger partial charge in [-0.15, -0.1) is 0 Å². The summed E-state index contributed by atoms with van der Waals surface area (Å²) in [4.78, 5) is 24.3. The molecule has 10 heteroatoms. The third-order valence-corrected chi connectivity index (χ3v) is 18.8. The van der Waals surface area contributed by atoms with E-state index in [4.69, 9.17) is 29.0 Å². The maximum atomic E-state index is 15.1. The Hall–Kier alpha value is -3.60. The molecule has 62 heavy (non-hydrogen) atoms. The minimum Gasteiger partial charge on any atom is -0.497 e. The van der Waals surface area contributed by atoms with Crippen LogP contribution < -0.4 is 10.1 Å². The predicted octanol–water partition coefficient (Wildman–Crippen LogP) is 10.1. The van der Waals surface area contributed by atoms with Crippen molar-refractivity contribution in [3.63, 3.8) is 0 Å². The number of rotatable bonds is 13. The minimum absolute atomic E-state index is 0.0213. The van der Waals surface area contributed by atoms with Gasteiger partial charge in [-0.25, -0.2) is 9.67 Å². The smallest absolute Gasteiger partial charge is 0.310 e. The van der Waals surface area contributed by atoms with E-state index in [1.807, 2.05) is 48.8 Å². The van der Waals surface area contributed by atoms with Gasteiger partial charge in [0.15, 0.2) is 5.82 Å². The van der Waals surface area contributed by atoms with E-state index in [2.05, 4.69) is 76.4 Å². The molecule has 0 radical (unpaired) electrons. The number of nitrogens with one attached hydrogen (secondary N) is 1. The van der Waals surface area contributed by atoms with Gasteiger partial charge < -0.3 is 24.3 Å². The highest BCUT2D eigenvalue weighted by Crippen LogP contribution is 2.75. The molecule has 336 valence electrons. The molecule has 6 aliphatic rings. The van der Waals surface area contributed by atoms with E-state index in [-0.39, 0.29) is 63.3 Å². The molecule has 3 heterocycles. The van der Waals surface area contributed by atoms with Crippen molar-refractivity contribution in [2.75, 3.05) is 33.5 Å². The molecule has 1 saturated heterocycles. The monoisotopic (exact) mass is 848 g/mol. The zero-order chi connectivity index (χ0) is 43.7. The first-order valence-corrected chi connectivity index (χ1v) is 23.9. The summed E-state index contributed by atoms with van der Waals surface area (Å²) in [5, 5.41) is 8.89. The van der Waals surface area contributed by atoms with E-state index in [1.165, 1.54) is 6.42 Å². The lowest BCUT2D eigenvalue weighted by Gasteiger charge is -2.71. The van der Waals surface area contributed by atoms with Crippen LogP contribution in [0.15, 0.2) is 66.8 Å². The van der Waals surface area contributed by atoms with Crippen LogP contribution in [-0.4, -0.2) is 70.8 Å². The van der Waals surface area contributed by atoms with Crippen LogP contribution in [0.5, 0.6) is 5.75 Å². The number of likely N-dealkylation sites (N-methyl/N-ethyl adjacent to an activating group) is 1. The Bertz CT molecular complexity index is 2120. The van der Waals surface area contributed by atoms with Crippen LogP contribution >= 0.6 is 0 Å². The number of methoxy groups -OCH3 is 1. The number of hydrogen-bond acceptors (Lipinski definition) is 9. The summed E-state index contributed by atoms with van der Waals surface area (Å²) >= 11 is 0. The van der Waals surface area contributed by atoms with E-state index in [9.17, 15) is 0 Å². The summed E-state index contributed by atoms with van der Waals surface area (Å²) in [6, 6.07) is 11.9. The quantitative estimate of drug-likeness (QED) is 0.133. The molecule has 4 saturated carbocycles. The highest BCUT2D eigenvalue weighted by atomic mass is 16.5. The number of fused-ring (bicyclic) bond motifs is 3. The van der Waals surface area contributed by atoms with Gasteiger partial charge >= 0.3 is 5.97 Å². The largest absolute Gasteiger partial charge is 0.497 e. The molecule has 2 bridgehead atoms. The average Bonchev–Trinajstić information content (AvgIpc) is 3.75. The second kappa shape index (κ2) is 16.1. The number of ether oxygens (including phenoxy) is 4. The molecule has 5 aliphatic carbocycles. The summed E-state index contributed by atoms with van der Waals surface area (Å²) in [7, 11) is 1.67. The third-order valence-electron chi connectivity index (χ3n) is 18.8. The second-order valence-corrected chi connectivity index (χ2v) is 21.9. The summed E-state index contributed by atoms with van der Waals surface area (Å²) in [6.45, 7) is 22.3. The summed E-state index contributed by atoms with van der Waals surface area (Å²) in [5.74, 6) is 2.85. The number of allylic oxidation sites excluding steroid dienone is 1. The number of nitrogens with zero attached hydrogens (tertiary/aromatic N) is 4. The Kier molecular flexibility index (Phi) is 11.4. The molecule has 1 N–H and O–H groups in total. The number of carbonyl (C=O) groups is 1. The lowest BCUT2D eigenvalue weighted by molar-refractivity contribution is -0.254. The molecule has 0 unspecified atom stereocenters. The number of benzene rings is 1. The number of pyridine rings is 1. The Morgan fingerprint density at radius 3 is 2.40 bits per heavy atom. The van der Waals surface area contributed by atoms with Gasteiger partial charge in [-0.1, -0.05) is 79.2 Å². The molecular formula is C52H73N5O5. The van der Waals surface area contributed by atoms with Crippen molar-refractivity contribution in [2.45, 2.75) is 137 Å². The first kappa shape index (κ1) is 43.6. The van der Waals surface area contributed by atoms with Gasteiger partial charge in [-0.2, -0.15) is 5.10 Å². The van der Waals surface area contributed by atoms with E-state index >= 15 is 4.79 Å². The van der Waals surface area contributed by atoms with Crippen LogP contribution in [0.1, 0.15) is 125 Å². The normalized spacial score (nSPS) is 37.5. The van der Waals surface area contributed by atoms with E-state index in [0.29, 0.717) is 43.5 Å². The Balaban J connectivity index is 1.11. The van der Waals surface area contributed by atoms with Crippen LogP contribution in [0.25, 0.3) is 11.4 Å². The molecule has 0 amide bonds. The predicted molar refractivity (Wildman–Crippen MR) is 241 cm³/mol. The lowest BCUT2D eigenvalue weighted by atomic mass is 9.34. The minimum atomic E-state index is -0.305. The standard InChI is InChI=1S/C52H73N5O5/c1-10-55-51(21-11-22-51)31-62-44-41(57-45(54-33-56-57)37-19-26-53-27-20-37)28-52-32-60-30-48(44,6)42(52)17-16-39-40(52)18-23-50(8)43(46(58)61-29-36-12-14-38(59-9)15-13-36)47(5,35(4)34(2)3)24-25-49(39,50)7/h12-15,18-20,26-27,33-35,39,41-44,55H,10-11,16-17,21-25,28-32H2,1-9H3/t35-,39+,41-,42+,43-,44+,47-,48+,49-,50+,52+/m1/s1. The zero-order valence-electron chi connectivity index (χ0n) is 39.0. The van der Waals surface area contributed by atoms with Gasteiger partial charge in [0.25, 0.3) is 0 Å². The molecule has 11 atom stereocenters. The van der Waals surface area contributed by atoms with Crippen molar-refractivity contribution in [3.05, 3.63) is 72.3 Å². The molecule has 3 aromatic rings. The summed E-state index contributed by atoms with van der Waals surface area (Å²) in [6.07, 6.45) is 17.4. The van der Waals surface area contributed by atoms with Crippen LogP contribution in [0.4, 0.5) is 0 Å². The van der Waals surface area contributed by atoms with Crippen molar-refractivity contribution >= 4 is 5.97 Å². The Labute approximate surface area is 370 Å². The SMILES string of the molecule is CCNC1(CO[C@H]2[C@H](n3ncnc3-c3ccncc3)C[C@@]34COC[C@@]2(C)[C@@H]3CC[C@H]2C4=CC[C@@]3(C)[C@H](C(=O)OCc4ccc(OC)cc4)[C@@](C)([C@H](C)C(C)C)CC[C@]23C)CCC1. The maximum absolute atomic E-state index is 15.1. The second-order valence-electron chi connectivity index (χ2n) is 21.9. The van der Waals surface area contributed by atoms with E-state index in [0.717, 1.165) is 80.6 Å². The highest BCUT2D eigenvalue weighted by Gasteiger charge is 2.72. The first-order valence-electron chi connectivity index (χ1n) is 23.9. The molecule has 9 rings (SSSR count). The summed E-state index contributed by atoms with van der Waals surface area (Å²) in [5.41, 5.74) is 2.49. The van der Waals surface area contributed by atoms with Crippen molar-refractivity contribution < 1.29 is 23.7 Å². The molecule has 1 aliphatic heterocycles. The number of esters is 1. The van der Waals surface area contributed by atoms with Gasteiger partial charge in [-0.3, -0.25) is 9.78 Å². The third kappa shape index (κ3) is 6.64. The fraction of sp³-hybridized carbons (Fsp3) is 0.692.